The molecule has 6 nitrogen and oxygen atoms in total. The van der Waals surface area contributed by atoms with Gasteiger partial charge < -0.3 is 10.2 Å². The summed E-state index contributed by atoms with van der Waals surface area (Å²) in [4.78, 5) is 3.61. The lowest BCUT2D eigenvalue weighted by molar-refractivity contribution is -0.157. The number of aromatic nitrogens is 3. The van der Waals surface area contributed by atoms with Gasteiger partial charge in [-0.15, -0.1) is 10.2 Å². The lowest BCUT2D eigenvalue weighted by atomic mass is 10.2. The minimum Gasteiger partial charge on any atom is -0.411 e. The molecule has 0 radical (unpaired) electrons. The first-order valence-corrected chi connectivity index (χ1v) is 9.94. The molecule has 0 amide bonds. The highest BCUT2D eigenvalue weighted by molar-refractivity contribution is 7.85. The Bertz CT molecular complexity index is 866. The highest BCUT2D eigenvalue weighted by Crippen LogP contribution is 2.38. The molecule has 1 atom stereocenters. The first-order chi connectivity index (χ1) is 13.4. The van der Waals surface area contributed by atoms with Crippen molar-refractivity contribution in [1.29, 1.82) is 0 Å². The summed E-state index contributed by atoms with van der Waals surface area (Å²) in [5.74, 6) is -2.60. The second-order valence-corrected chi connectivity index (χ2v) is 7.64. The molecule has 162 valence electrons. The number of halogens is 6. The first-order valence-electron chi connectivity index (χ1n) is 8.62. The lowest BCUT2D eigenvalue weighted by Crippen LogP contribution is -2.15. The number of anilines is 1. The van der Waals surface area contributed by atoms with Crippen LogP contribution in [-0.4, -0.2) is 25.1 Å². The zero-order valence-electron chi connectivity index (χ0n) is 15.2. The summed E-state index contributed by atoms with van der Waals surface area (Å²) >= 11 is 0. The molecule has 13 heteroatoms. The van der Waals surface area contributed by atoms with E-state index in [0.717, 1.165) is 19.3 Å². The van der Waals surface area contributed by atoms with E-state index >= 15 is 0 Å². The van der Waals surface area contributed by atoms with E-state index in [9.17, 15) is 30.6 Å². The standard InChI is InChI=1S/C16H18F6N4O2S/c1-2-3-4-5-6-7-29(27)13-9(15(17,18)19)8-10(23)11(24-13)12-25-26-14(28-12)16(20,21)22/h8H,2-7,23H2,1H3. The van der Waals surface area contributed by atoms with Gasteiger partial charge in [0.2, 0.25) is 0 Å². The molecular weight excluding hydrogens is 426 g/mol. The van der Waals surface area contributed by atoms with Crippen molar-refractivity contribution < 1.29 is 35.0 Å². The van der Waals surface area contributed by atoms with E-state index < -0.39 is 56.9 Å². The van der Waals surface area contributed by atoms with Gasteiger partial charge >= 0.3 is 18.2 Å². The summed E-state index contributed by atoms with van der Waals surface area (Å²) in [6, 6.07) is 0.462. The van der Waals surface area contributed by atoms with Crippen LogP contribution in [-0.2, 0) is 23.2 Å². The topological polar surface area (TPSA) is 94.9 Å². The van der Waals surface area contributed by atoms with Crippen molar-refractivity contribution in [3.05, 3.63) is 17.5 Å². The maximum atomic E-state index is 13.3. The monoisotopic (exact) mass is 444 g/mol. The van der Waals surface area contributed by atoms with E-state index in [1.807, 2.05) is 6.92 Å². The lowest BCUT2D eigenvalue weighted by Gasteiger charge is -2.14. The van der Waals surface area contributed by atoms with Crippen LogP contribution in [0.5, 0.6) is 0 Å². The summed E-state index contributed by atoms with van der Waals surface area (Å²) in [6.45, 7) is 2.00. The maximum absolute atomic E-state index is 13.3. The Hall–Kier alpha value is -2.18. The van der Waals surface area contributed by atoms with Crippen molar-refractivity contribution in [2.75, 3.05) is 11.5 Å². The highest BCUT2D eigenvalue weighted by atomic mass is 32.2. The molecule has 2 rings (SSSR count). The molecule has 2 aromatic heterocycles. The molecule has 2 heterocycles. The summed E-state index contributed by atoms with van der Waals surface area (Å²) in [5, 5.41) is 5.11. The second-order valence-electron chi connectivity index (χ2n) is 6.15. The fraction of sp³-hybridized carbons (Fsp3) is 0.562. The Balaban J connectivity index is 2.39. The molecule has 0 aliphatic carbocycles. The largest absolute Gasteiger partial charge is 0.470 e. The smallest absolute Gasteiger partial charge is 0.411 e. The van der Waals surface area contributed by atoms with Gasteiger partial charge in [0.1, 0.15) is 5.03 Å². The molecule has 0 fully saturated rings. The Kier molecular flexibility index (Phi) is 7.25. The van der Waals surface area contributed by atoms with E-state index in [2.05, 4.69) is 19.6 Å². The molecule has 0 aromatic carbocycles. The summed E-state index contributed by atoms with van der Waals surface area (Å²) in [7, 11) is -2.15. The normalized spacial score (nSPS) is 13.6. The molecule has 2 aromatic rings. The van der Waals surface area contributed by atoms with E-state index in [-0.39, 0.29) is 5.75 Å². The van der Waals surface area contributed by atoms with Crippen molar-refractivity contribution in [2.24, 2.45) is 0 Å². The molecule has 0 aliphatic rings. The minimum atomic E-state index is -4.95. The van der Waals surface area contributed by atoms with Crippen LogP contribution >= 0.6 is 0 Å². The van der Waals surface area contributed by atoms with E-state index in [1.165, 1.54) is 0 Å². The van der Waals surface area contributed by atoms with Crippen LogP contribution in [0.3, 0.4) is 0 Å². The Morgan fingerprint density at radius 2 is 1.69 bits per heavy atom. The predicted molar refractivity (Wildman–Crippen MR) is 92.0 cm³/mol. The van der Waals surface area contributed by atoms with Gasteiger partial charge in [-0.1, -0.05) is 32.6 Å². The molecule has 29 heavy (non-hydrogen) atoms. The first kappa shape index (κ1) is 23.1. The number of alkyl halides is 6. The molecule has 0 saturated carbocycles. The fourth-order valence-corrected chi connectivity index (χ4v) is 3.70. The van der Waals surface area contributed by atoms with Crippen LogP contribution in [0.4, 0.5) is 32.0 Å². The number of rotatable bonds is 8. The van der Waals surface area contributed by atoms with Crippen LogP contribution in [0.25, 0.3) is 11.6 Å². The van der Waals surface area contributed by atoms with Gasteiger partial charge in [0.05, 0.1) is 22.1 Å². The number of nitrogens with zero attached hydrogens (tertiary/aromatic N) is 3. The molecule has 0 spiro atoms. The predicted octanol–water partition coefficient (Wildman–Crippen LogP) is 4.83. The zero-order chi connectivity index (χ0) is 21.8. The van der Waals surface area contributed by atoms with Gasteiger partial charge in [0.15, 0.2) is 5.69 Å². The molecule has 0 bridgehead atoms. The number of unbranched alkanes of at least 4 members (excludes halogenated alkanes) is 4. The third-order valence-electron chi connectivity index (χ3n) is 3.84. The third kappa shape index (κ3) is 5.90. The maximum Gasteiger partial charge on any atom is 0.470 e. The van der Waals surface area contributed by atoms with Crippen molar-refractivity contribution in [2.45, 2.75) is 56.4 Å². The Morgan fingerprint density at radius 3 is 2.24 bits per heavy atom. The number of hydrogen-bond acceptors (Lipinski definition) is 6. The van der Waals surface area contributed by atoms with Crippen molar-refractivity contribution in [3.8, 4) is 11.6 Å². The van der Waals surface area contributed by atoms with Crippen LogP contribution in [0.15, 0.2) is 15.5 Å². The van der Waals surface area contributed by atoms with Gasteiger partial charge in [0, 0.05) is 5.75 Å². The summed E-state index contributed by atoms with van der Waals surface area (Å²) < 4.78 is 94.8. The average molecular weight is 444 g/mol. The number of nitrogen functional groups attached to an aromatic ring is 1. The average Bonchev–Trinajstić information content (AvgIpc) is 3.10. The summed E-state index contributed by atoms with van der Waals surface area (Å²) in [6.07, 6.45) is -6.00. The van der Waals surface area contributed by atoms with Crippen LogP contribution in [0.2, 0.25) is 0 Å². The van der Waals surface area contributed by atoms with E-state index in [1.54, 1.807) is 0 Å². The van der Waals surface area contributed by atoms with E-state index in [0.29, 0.717) is 18.9 Å². The Morgan fingerprint density at radius 1 is 1.03 bits per heavy atom. The van der Waals surface area contributed by atoms with Crippen molar-refractivity contribution in [1.82, 2.24) is 15.2 Å². The van der Waals surface area contributed by atoms with Crippen LogP contribution in [0.1, 0.15) is 50.5 Å². The third-order valence-corrected chi connectivity index (χ3v) is 5.24. The van der Waals surface area contributed by atoms with Crippen molar-refractivity contribution >= 4 is 16.5 Å². The molecule has 2 N–H and O–H groups in total. The van der Waals surface area contributed by atoms with Gasteiger partial charge in [-0.2, -0.15) is 26.3 Å². The van der Waals surface area contributed by atoms with Gasteiger partial charge in [0.25, 0.3) is 5.89 Å². The Labute approximate surface area is 164 Å². The fourth-order valence-electron chi connectivity index (χ4n) is 2.43. The van der Waals surface area contributed by atoms with E-state index in [4.69, 9.17) is 5.73 Å². The minimum absolute atomic E-state index is 0.0826. The quantitative estimate of drug-likeness (QED) is 0.463. The van der Waals surface area contributed by atoms with Crippen molar-refractivity contribution in [3.63, 3.8) is 0 Å². The highest BCUT2D eigenvalue weighted by Gasteiger charge is 2.40. The molecule has 0 saturated heterocycles. The molecule has 1 unspecified atom stereocenters. The number of pyridine rings is 1. The van der Waals surface area contributed by atoms with Gasteiger partial charge in [-0.3, -0.25) is 4.21 Å². The van der Waals surface area contributed by atoms with Gasteiger partial charge in [-0.05, 0) is 12.5 Å². The van der Waals surface area contributed by atoms with Crippen LogP contribution < -0.4 is 5.73 Å². The van der Waals surface area contributed by atoms with Crippen LogP contribution in [0, 0.1) is 0 Å². The molecular formula is C16H18F6N4O2S. The second kappa shape index (κ2) is 9.09. The number of hydrogen-bond donors (Lipinski definition) is 1. The SMILES string of the molecule is CCCCCCCS(=O)c1nc(-c2nnc(C(F)(F)F)o2)c(N)cc1C(F)(F)F. The molecule has 0 aliphatic heterocycles. The van der Waals surface area contributed by atoms with Gasteiger partial charge in [-0.25, -0.2) is 4.98 Å². The number of nitrogens with two attached hydrogens (primary N) is 1. The summed E-state index contributed by atoms with van der Waals surface area (Å²) in [5.41, 5.74) is 2.99. The zero-order valence-corrected chi connectivity index (χ0v) is 16.0.